The number of fused-ring (bicyclic) bond motifs is 2. The van der Waals surface area contributed by atoms with Gasteiger partial charge in [-0.05, 0) is 93.8 Å². The van der Waals surface area contributed by atoms with Crippen LogP contribution in [0.1, 0.15) is 55.2 Å². The number of nitrogens with one attached hydrogen (secondary N) is 2. The number of piperidine rings is 3. The van der Waals surface area contributed by atoms with E-state index in [-0.39, 0.29) is 54.8 Å². The smallest absolute Gasteiger partial charge is 0.417 e. The van der Waals surface area contributed by atoms with Gasteiger partial charge in [0.05, 0.1) is 11.4 Å². The van der Waals surface area contributed by atoms with Gasteiger partial charge in [0.2, 0.25) is 0 Å². The maximum atomic E-state index is 14.3. The van der Waals surface area contributed by atoms with Crippen molar-refractivity contribution in [3.05, 3.63) is 63.6 Å². The highest BCUT2D eigenvalue weighted by Crippen LogP contribution is 2.28. The number of aromatic amines is 1. The number of likely N-dealkylation sites (N-methyl/N-ethyl adjacent to an activating group) is 1. The molecule has 5 heterocycles. The van der Waals surface area contributed by atoms with Crippen LogP contribution in [0.3, 0.4) is 0 Å². The summed E-state index contributed by atoms with van der Waals surface area (Å²) in [4.78, 5) is 89.3. The Morgan fingerprint density at radius 3 is 2.28 bits per heavy atom. The number of urea groups is 1. The van der Waals surface area contributed by atoms with Crippen LogP contribution in [-0.4, -0.2) is 144 Å². The molecule has 3 aromatic rings. The maximum absolute atomic E-state index is 14.3. The lowest BCUT2D eigenvalue weighted by atomic mass is 9.93. The van der Waals surface area contributed by atoms with E-state index >= 15 is 0 Å². The quantitative estimate of drug-likeness (QED) is 0.306. The number of hydrogen-bond donors (Lipinski definition) is 2. The van der Waals surface area contributed by atoms with Gasteiger partial charge in [0.15, 0.2) is 18.3 Å². The lowest BCUT2D eigenvalue weighted by Gasteiger charge is -2.42. The monoisotopic (exact) mass is 787 g/mol. The molecule has 0 unspecified atom stereocenters. The highest BCUT2D eigenvalue weighted by molar-refractivity contribution is 5.91. The van der Waals surface area contributed by atoms with Crippen molar-refractivity contribution in [1.82, 2.24) is 29.5 Å². The number of oxazole rings is 1. The van der Waals surface area contributed by atoms with Gasteiger partial charge in [0, 0.05) is 71.0 Å². The van der Waals surface area contributed by atoms with Crippen molar-refractivity contribution in [2.45, 2.75) is 76.5 Å². The molecule has 4 aliphatic heterocycles. The molecule has 0 spiro atoms. The standard InChI is InChI=1S/C41H53N7O9/c1-26-22-27(23-33-36(26)43-40(53)56-33)24-34(57-41(54)47-19-13-31(14-20-47)48-21-10-28-6-4-5-7-32(28)42-39(48)52)37(50)46-17-11-30(12-18-46)45-15-8-29(9-16-45)38(51)55-25-35(49)44(2)3/h4-7,22-23,29-31,34H,8-21,24-25H2,1-3H3,(H,42,52)(H,43,53)/t34-/m1/s1. The summed E-state index contributed by atoms with van der Waals surface area (Å²) in [5.41, 5.74) is 4.34. The first-order valence-corrected chi connectivity index (χ1v) is 20.1. The van der Waals surface area contributed by atoms with Crippen molar-refractivity contribution in [3.63, 3.8) is 0 Å². The van der Waals surface area contributed by atoms with Gasteiger partial charge in [-0.2, -0.15) is 0 Å². The zero-order valence-electron chi connectivity index (χ0n) is 33.0. The summed E-state index contributed by atoms with van der Waals surface area (Å²) in [5, 5.41) is 3.03. The SMILES string of the molecule is Cc1cc(C[C@@H](OC(=O)N2CCC(N3CCc4ccccc4NC3=O)CC2)C(=O)N2CCC(N3CCC(C(=O)OCC(=O)N(C)C)CC3)CC2)cc2oc(=O)[nH]c12. The topological polar surface area (TPSA) is 178 Å². The number of esters is 1. The van der Waals surface area contributed by atoms with E-state index in [0.717, 1.165) is 49.2 Å². The zero-order valence-corrected chi connectivity index (χ0v) is 33.0. The Bertz CT molecular complexity index is 2020. The fraction of sp³-hybridized carbons (Fsp3) is 0.561. The molecule has 3 saturated heterocycles. The number of carbonyl (C=O) groups excluding carboxylic acids is 5. The lowest BCUT2D eigenvalue weighted by molar-refractivity contribution is -0.156. The van der Waals surface area contributed by atoms with Gasteiger partial charge in [0.25, 0.3) is 11.8 Å². The van der Waals surface area contributed by atoms with Crippen molar-refractivity contribution in [1.29, 1.82) is 0 Å². The van der Waals surface area contributed by atoms with Gasteiger partial charge in [-0.3, -0.25) is 19.4 Å². The summed E-state index contributed by atoms with van der Waals surface area (Å²) in [5.74, 6) is -1.68. The molecule has 57 heavy (non-hydrogen) atoms. The summed E-state index contributed by atoms with van der Waals surface area (Å²) in [7, 11) is 3.24. The van der Waals surface area contributed by atoms with Crippen molar-refractivity contribution in [2.24, 2.45) is 5.92 Å². The lowest BCUT2D eigenvalue weighted by Crippen LogP contribution is -2.53. The first kappa shape index (κ1) is 39.8. The Morgan fingerprint density at radius 2 is 1.56 bits per heavy atom. The van der Waals surface area contributed by atoms with E-state index in [9.17, 15) is 28.8 Å². The van der Waals surface area contributed by atoms with Gasteiger partial charge in [-0.25, -0.2) is 14.4 Å². The molecular weight excluding hydrogens is 734 g/mol. The normalized spacial score (nSPS) is 19.4. The highest BCUT2D eigenvalue weighted by Gasteiger charge is 2.37. The average Bonchev–Trinajstić information content (AvgIpc) is 3.51. The van der Waals surface area contributed by atoms with E-state index < -0.39 is 18.0 Å². The molecule has 0 aliphatic carbocycles. The predicted octanol–water partition coefficient (Wildman–Crippen LogP) is 3.37. The highest BCUT2D eigenvalue weighted by atomic mass is 16.6. The number of likely N-dealkylation sites (tertiary alicyclic amines) is 3. The molecule has 306 valence electrons. The van der Waals surface area contributed by atoms with E-state index in [4.69, 9.17) is 13.9 Å². The predicted molar refractivity (Wildman–Crippen MR) is 210 cm³/mol. The van der Waals surface area contributed by atoms with Gasteiger partial charge >= 0.3 is 23.8 Å². The number of aromatic nitrogens is 1. The number of nitrogens with zero attached hydrogens (tertiary/aromatic N) is 5. The van der Waals surface area contributed by atoms with Gasteiger partial charge < -0.3 is 43.7 Å². The van der Waals surface area contributed by atoms with Gasteiger partial charge in [-0.15, -0.1) is 0 Å². The molecule has 0 saturated carbocycles. The van der Waals surface area contributed by atoms with Gasteiger partial charge in [-0.1, -0.05) is 24.3 Å². The van der Waals surface area contributed by atoms with Crippen molar-refractivity contribution >= 4 is 46.7 Å². The van der Waals surface area contributed by atoms with E-state index in [2.05, 4.69) is 15.2 Å². The fourth-order valence-electron chi connectivity index (χ4n) is 8.64. The van der Waals surface area contributed by atoms with Crippen LogP contribution in [0.25, 0.3) is 11.1 Å². The molecule has 2 aromatic carbocycles. The summed E-state index contributed by atoms with van der Waals surface area (Å²) >= 11 is 0. The first-order chi connectivity index (χ1) is 27.4. The second-order valence-corrected chi connectivity index (χ2v) is 15.9. The Labute approximate surface area is 331 Å². The summed E-state index contributed by atoms with van der Waals surface area (Å²) in [6.45, 7) is 5.38. The second kappa shape index (κ2) is 17.4. The van der Waals surface area contributed by atoms with E-state index in [0.29, 0.717) is 75.1 Å². The van der Waals surface area contributed by atoms with Crippen LogP contribution in [0, 0.1) is 12.8 Å². The van der Waals surface area contributed by atoms with E-state index in [1.165, 1.54) is 4.90 Å². The van der Waals surface area contributed by atoms with Crippen molar-refractivity contribution in [3.8, 4) is 0 Å². The Balaban J connectivity index is 0.957. The third-order valence-corrected chi connectivity index (χ3v) is 12.0. The van der Waals surface area contributed by atoms with Gasteiger partial charge in [0.1, 0.15) is 0 Å². The first-order valence-electron chi connectivity index (χ1n) is 20.1. The minimum atomic E-state index is -1.11. The molecule has 1 aromatic heterocycles. The number of rotatable bonds is 9. The molecule has 1 atom stereocenters. The summed E-state index contributed by atoms with van der Waals surface area (Å²) in [6, 6.07) is 11.4. The maximum Gasteiger partial charge on any atom is 0.417 e. The molecule has 5 amide bonds. The number of hydrogen-bond acceptors (Lipinski definition) is 10. The van der Waals surface area contributed by atoms with Crippen LogP contribution >= 0.6 is 0 Å². The molecule has 2 N–H and O–H groups in total. The minimum absolute atomic E-state index is 0.0360. The van der Waals surface area contributed by atoms with Crippen LogP contribution in [0.15, 0.2) is 45.6 Å². The van der Waals surface area contributed by atoms with Crippen LogP contribution < -0.4 is 11.1 Å². The van der Waals surface area contributed by atoms with Crippen molar-refractivity contribution in [2.75, 3.05) is 71.8 Å². The number of carbonyl (C=O) groups is 5. The largest absolute Gasteiger partial charge is 0.455 e. The van der Waals surface area contributed by atoms with Crippen molar-refractivity contribution < 1.29 is 37.9 Å². The Morgan fingerprint density at radius 1 is 0.877 bits per heavy atom. The number of amides is 5. The Kier molecular flexibility index (Phi) is 12.2. The number of para-hydroxylation sites is 1. The number of ether oxygens (including phenoxy) is 2. The van der Waals surface area contributed by atoms with Crippen LogP contribution in [0.4, 0.5) is 15.3 Å². The van der Waals surface area contributed by atoms with E-state index in [1.54, 1.807) is 30.0 Å². The molecule has 4 aliphatic rings. The van der Waals surface area contributed by atoms with E-state index in [1.807, 2.05) is 42.2 Å². The molecule has 7 rings (SSSR count). The third-order valence-electron chi connectivity index (χ3n) is 12.0. The van der Waals surface area contributed by atoms with Crippen LogP contribution in [0.5, 0.6) is 0 Å². The number of aryl methyl sites for hydroxylation is 1. The molecular formula is C41H53N7O9. The Hall–Kier alpha value is -5.38. The van der Waals surface area contributed by atoms with Crippen LogP contribution in [-0.2, 0) is 36.7 Å². The fourth-order valence-corrected chi connectivity index (χ4v) is 8.64. The molecule has 0 radical (unpaired) electrons. The molecule has 16 heteroatoms. The average molecular weight is 788 g/mol. The zero-order chi connectivity index (χ0) is 40.2. The summed E-state index contributed by atoms with van der Waals surface area (Å²) in [6.07, 6.45) is 3.10. The number of benzene rings is 2. The minimum Gasteiger partial charge on any atom is -0.455 e. The second-order valence-electron chi connectivity index (χ2n) is 15.9. The van der Waals surface area contributed by atoms with Crippen LogP contribution in [0.2, 0.25) is 0 Å². The molecule has 3 fully saturated rings. The number of anilines is 1. The summed E-state index contributed by atoms with van der Waals surface area (Å²) < 4.78 is 16.7. The third kappa shape index (κ3) is 9.27. The molecule has 0 bridgehead atoms. The molecule has 16 nitrogen and oxygen atoms in total. The number of H-pyrrole nitrogens is 1.